The van der Waals surface area contributed by atoms with Gasteiger partial charge in [0.15, 0.2) is 6.67 Å². The van der Waals surface area contributed by atoms with Gasteiger partial charge in [-0.3, -0.25) is 0 Å². The van der Waals surface area contributed by atoms with Gasteiger partial charge in [-0.25, -0.2) is 4.39 Å². The fraction of sp³-hybridized carbons (Fsp3) is 1.00. The number of methoxy groups -OCH3 is 1. The molecule has 0 saturated heterocycles. The summed E-state index contributed by atoms with van der Waals surface area (Å²) in [5.74, 6) is 0. The Bertz CT molecular complexity index is 51.0. The fourth-order valence-corrected chi connectivity index (χ4v) is 0. The first-order valence-corrected chi connectivity index (χ1v) is 2.00. The highest BCUT2D eigenvalue weighted by Crippen LogP contribution is 2.13. The Morgan fingerprint density at radius 3 is 1.33 bits per heavy atom. The van der Waals surface area contributed by atoms with E-state index in [1.165, 1.54) is 0 Å². The summed E-state index contributed by atoms with van der Waals surface area (Å²) in [6.45, 7) is -2.23. The Labute approximate surface area is 50.6 Å². The van der Waals surface area contributed by atoms with Gasteiger partial charge in [0.25, 0.3) is 0 Å². The van der Waals surface area contributed by atoms with Crippen LogP contribution in [0.25, 0.3) is 0 Å². The van der Waals surface area contributed by atoms with E-state index in [0.29, 0.717) is 0 Å². The lowest BCUT2D eigenvalue weighted by Crippen LogP contribution is -2.08. The molecule has 0 spiro atoms. The van der Waals surface area contributed by atoms with E-state index in [1.54, 1.807) is 14.2 Å². The number of ether oxygens (including phenoxy) is 1. The third-order valence-corrected chi connectivity index (χ3v) is 0.152. The van der Waals surface area contributed by atoms with Crippen LogP contribution in [-0.2, 0) is 4.74 Å². The van der Waals surface area contributed by atoms with Crippen LogP contribution in [0.2, 0.25) is 0 Å². The summed E-state index contributed by atoms with van der Waals surface area (Å²) in [6.07, 6.45) is -4.62. The van der Waals surface area contributed by atoms with E-state index in [9.17, 15) is 17.6 Å². The Balaban J connectivity index is 0. The molecule has 0 saturated carbocycles. The monoisotopic (exact) mass is 148 g/mol. The van der Waals surface area contributed by atoms with Crippen molar-refractivity contribution in [3.05, 3.63) is 0 Å². The van der Waals surface area contributed by atoms with E-state index in [0.717, 1.165) is 0 Å². The van der Waals surface area contributed by atoms with Crippen LogP contribution in [0.1, 0.15) is 0 Å². The molecule has 0 fully saturated rings. The molecule has 0 aliphatic heterocycles. The van der Waals surface area contributed by atoms with Crippen molar-refractivity contribution in [1.29, 1.82) is 0 Å². The number of alkyl halides is 4. The van der Waals surface area contributed by atoms with Crippen LogP contribution >= 0.6 is 0 Å². The molecule has 0 bridgehead atoms. The molecule has 0 heterocycles. The molecule has 0 atom stereocenters. The highest BCUT2D eigenvalue weighted by Gasteiger charge is 2.26. The van der Waals surface area contributed by atoms with Crippen molar-refractivity contribution in [2.75, 3.05) is 20.9 Å². The van der Waals surface area contributed by atoms with Crippen LogP contribution in [0.4, 0.5) is 17.6 Å². The molecule has 58 valence electrons. The van der Waals surface area contributed by atoms with E-state index in [-0.39, 0.29) is 0 Å². The molecule has 5 heteroatoms. The lowest BCUT2D eigenvalue weighted by molar-refractivity contribution is -0.142. The lowest BCUT2D eigenvalue weighted by Gasteiger charge is -1.93. The minimum absolute atomic E-state index is 1.62. The molecule has 0 aliphatic rings. The van der Waals surface area contributed by atoms with Gasteiger partial charge < -0.3 is 4.74 Å². The van der Waals surface area contributed by atoms with Crippen LogP contribution in [0.15, 0.2) is 0 Å². The second-order valence-corrected chi connectivity index (χ2v) is 1.16. The molecule has 0 aromatic carbocycles. The molecule has 0 rings (SSSR count). The SMILES string of the molecule is COC.FCC(F)(F)F. The standard InChI is InChI=1S/C2H2F4.C2H6O/c3-1-2(4,5)6;1-3-2/h1H2;1-2H3. The van der Waals surface area contributed by atoms with Gasteiger partial charge in [-0.1, -0.05) is 0 Å². The Hall–Kier alpha value is -0.320. The van der Waals surface area contributed by atoms with Crippen molar-refractivity contribution in [3.63, 3.8) is 0 Å². The summed E-state index contributed by atoms with van der Waals surface area (Å²) in [4.78, 5) is 0. The first-order valence-electron chi connectivity index (χ1n) is 2.00. The highest BCUT2D eigenvalue weighted by molar-refractivity contribution is 4.39. The second-order valence-electron chi connectivity index (χ2n) is 1.16. The van der Waals surface area contributed by atoms with Gasteiger partial charge in [0.2, 0.25) is 0 Å². The zero-order valence-corrected chi connectivity index (χ0v) is 5.13. The van der Waals surface area contributed by atoms with Crippen molar-refractivity contribution in [1.82, 2.24) is 0 Å². The van der Waals surface area contributed by atoms with E-state index >= 15 is 0 Å². The predicted octanol–water partition coefficient (Wildman–Crippen LogP) is 1.78. The summed E-state index contributed by atoms with van der Waals surface area (Å²) in [6, 6.07) is 0. The summed E-state index contributed by atoms with van der Waals surface area (Å²) >= 11 is 0. The molecule has 0 unspecified atom stereocenters. The van der Waals surface area contributed by atoms with Crippen molar-refractivity contribution < 1.29 is 22.3 Å². The zero-order chi connectivity index (χ0) is 7.91. The highest BCUT2D eigenvalue weighted by atomic mass is 19.4. The fourth-order valence-electron chi connectivity index (χ4n) is 0. The van der Waals surface area contributed by atoms with Gasteiger partial charge >= 0.3 is 6.18 Å². The zero-order valence-electron chi connectivity index (χ0n) is 5.13. The Morgan fingerprint density at radius 2 is 1.33 bits per heavy atom. The van der Waals surface area contributed by atoms with Crippen molar-refractivity contribution >= 4 is 0 Å². The van der Waals surface area contributed by atoms with Gasteiger partial charge in [-0.05, 0) is 0 Å². The number of hydrogen-bond acceptors (Lipinski definition) is 1. The van der Waals surface area contributed by atoms with Crippen LogP contribution < -0.4 is 0 Å². The summed E-state index contributed by atoms with van der Waals surface area (Å²) in [5, 5.41) is 0. The molecular weight excluding hydrogens is 140 g/mol. The lowest BCUT2D eigenvalue weighted by atomic mass is 10.8. The first-order chi connectivity index (χ1) is 3.97. The average Bonchev–Trinajstić information content (AvgIpc) is 1.67. The van der Waals surface area contributed by atoms with E-state index < -0.39 is 12.9 Å². The third kappa shape index (κ3) is 34.5. The molecule has 0 aromatic heterocycles. The number of hydrogen-bond donors (Lipinski definition) is 0. The quantitative estimate of drug-likeness (QED) is 0.476. The Morgan fingerprint density at radius 1 is 1.22 bits per heavy atom. The largest absolute Gasteiger partial charge is 0.416 e. The number of halogens is 4. The van der Waals surface area contributed by atoms with E-state index in [2.05, 4.69) is 4.74 Å². The summed E-state index contributed by atoms with van der Waals surface area (Å²) in [5.41, 5.74) is 0. The van der Waals surface area contributed by atoms with Crippen LogP contribution in [0, 0.1) is 0 Å². The van der Waals surface area contributed by atoms with Gasteiger partial charge in [-0.2, -0.15) is 13.2 Å². The maximum atomic E-state index is 10.4. The molecule has 1 nitrogen and oxygen atoms in total. The minimum atomic E-state index is -4.62. The maximum absolute atomic E-state index is 10.4. The van der Waals surface area contributed by atoms with E-state index in [4.69, 9.17) is 0 Å². The minimum Gasteiger partial charge on any atom is -0.388 e. The van der Waals surface area contributed by atoms with Crippen LogP contribution in [-0.4, -0.2) is 27.1 Å². The number of rotatable bonds is 0. The van der Waals surface area contributed by atoms with Gasteiger partial charge in [-0.15, -0.1) is 0 Å². The summed E-state index contributed by atoms with van der Waals surface area (Å²) < 4.78 is 45.9. The maximum Gasteiger partial charge on any atom is 0.416 e. The molecule has 0 aromatic rings. The first kappa shape index (κ1) is 11.5. The smallest absolute Gasteiger partial charge is 0.388 e. The third-order valence-electron chi connectivity index (χ3n) is 0.152. The van der Waals surface area contributed by atoms with Crippen molar-refractivity contribution in [2.45, 2.75) is 6.18 Å². The van der Waals surface area contributed by atoms with E-state index in [1.807, 2.05) is 0 Å². The molecule has 0 N–H and O–H groups in total. The topological polar surface area (TPSA) is 9.23 Å². The van der Waals surface area contributed by atoms with Gasteiger partial charge in [0.05, 0.1) is 0 Å². The van der Waals surface area contributed by atoms with Crippen LogP contribution in [0.5, 0.6) is 0 Å². The molecule has 0 radical (unpaired) electrons. The predicted molar refractivity (Wildman–Crippen MR) is 25.0 cm³/mol. The molecule has 0 aliphatic carbocycles. The van der Waals surface area contributed by atoms with Gasteiger partial charge in [0, 0.05) is 14.2 Å². The van der Waals surface area contributed by atoms with Gasteiger partial charge in [0.1, 0.15) is 0 Å². The summed E-state index contributed by atoms with van der Waals surface area (Å²) in [7, 11) is 3.25. The molecular formula is C4H8F4O. The van der Waals surface area contributed by atoms with Crippen molar-refractivity contribution in [3.8, 4) is 0 Å². The molecule has 9 heavy (non-hydrogen) atoms. The van der Waals surface area contributed by atoms with Crippen LogP contribution in [0.3, 0.4) is 0 Å². The van der Waals surface area contributed by atoms with Crippen molar-refractivity contribution in [2.24, 2.45) is 0 Å². The molecule has 0 amide bonds. The average molecular weight is 148 g/mol. The normalized spacial score (nSPS) is 10.0. The Kier molecular flexibility index (Phi) is 7.41. The second kappa shape index (κ2) is 5.81.